The van der Waals surface area contributed by atoms with Crippen LogP contribution in [0.15, 0.2) is 53.7 Å². The van der Waals surface area contributed by atoms with Gasteiger partial charge in [-0.2, -0.15) is 0 Å². The van der Waals surface area contributed by atoms with E-state index < -0.39 is 0 Å². The third-order valence-corrected chi connectivity index (χ3v) is 5.50. The Kier molecular flexibility index (Phi) is 7.28. The van der Waals surface area contributed by atoms with Gasteiger partial charge in [-0.15, -0.1) is 10.2 Å². The van der Waals surface area contributed by atoms with Crippen LogP contribution < -0.4 is 10.6 Å². The first kappa shape index (κ1) is 22.5. The van der Waals surface area contributed by atoms with Gasteiger partial charge in [-0.05, 0) is 44.5 Å². The van der Waals surface area contributed by atoms with Crippen molar-refractivity contribution in [2.75, 3.05) is 0 Å². The highest BCUT2D eigenvalue weighted by Gasteiger charge is 2.19. The summed E-state index contributed by atoms with van der Waals surface area (Å²) in [6.07, 6.45) is 0. The van der Waals surface area contributed by atoms with Crippen LogP contribution in [-0.4, -0.2) is 26.3 Å². The van der Waals surface area contributed by atoms with E-state index in [1.54, 1.807) is 23.9 Å². The predicted octanol–water partition coefficient (Wildman–Crippen LogP) is 5.46. The highest BCUT2D eigenvalue weighted by molar-refractivity contribution is 7.98. The summed E-state index contributed by atoms with van der Waals surface area (Å²) >= 11 is 14.1. The van der Waals surface area contributed by atoms with Crippen molar-refractivity contribution in [1.82, 2.24) is 25.4 Å². The molecule has 6 nitrogen and oxygen atoms in total. The van der Waals surface area contributed by atoms with Crippen LogP contribution in [0.2, 0.25) is 10.0 Å². The first-order chi connectivity index (χ1) is 14.2. The van der Waals surface area contributed by atoms with Crippen LogP contribution in [-0.2, 0) is 12.3 Å². The van der Waals surface area contributed by atoms with E-state index in [1.807, 2.05) is 49.6 Å². The minimum atomic E-state index is -0.339. The van der Waals surface area contributed by atoms with Crippen LogP contribution >= 0.6 is 35.0 Å². The summed E-state index contributed by atoms with van der Waals surface area (Å²) in [6.45, 7) is 5.95. The number of carbonyl (C=O) groups is 1. The van der Waals surface area contributed by atoms with E-state index >= 15 is 0 Å². The lowest BCUT2D eigenvalue weighted by molar-refractivity contribution is 0.231. The molecule has 0 fully saturated rings. The highest BCUT2D eigenvalue weighted by atomic mass is 35.5. The molecule has 0 unspecified atom stereocenters. The second kappa shape index (κ2) is 9.73. The summed E-state index contributed by atoms with van der Waals surface area (Å²) in [4.78, 5) is 12.2. The summed E-state index contributed by atoms with van der Waals surface area (Å²) in [6, 6.07) is 15.1. The second-order valence-electron chi connectivity index (χ2n) is 7.66. The van der Waals surface area contributed by atoms with Crippen molar-refractivity contribution in [2.24, 2.45) is 0 Å². The summed E-state index contributed by atoms with van der Waals surface area (Å²) < 4.78 is 1.85. The van der Waals surface area contributed by atoms with Gasteiger partial charge in [-0.25, -0.2) is 4.79 Å². The molecule has 0 spiro atoms. The zero-order chi connectivity index (χ0) is 21.7. The lowest BCUT2D eigenvalue weighted by Gasteiger charge is -2.20. The van der Waals surface area contributed by atoms with Crippen molar-refractivity contribution in [3.8, 4) is 5.69 Å². The van der Waals surface area contributed by atoms with Crippen LogP contribution in [0.25, 0.3) is 5.69 Å². The van der Waals surface area contributed by atoms with Gasteiger partial charge >= 0.3 is 6.03 Å². The lowest BCUT2D eigenvalue weighted by atomic mass is 10.1. The molecular formula is C21H23Cl2N5OS. The Labute approximate surface area is 190 Å². The zero-order valence-corrected chi connectivity index (χ0v) is 19.3. The summed E-state index contributed by atoms with van der Waals surface area (Å²) in [5.74, 6) is 1.29. The molecule has 9 heteroatoms. The average molecular weight is 464 g/mol. The van der Waals surface area contributed by atoms with Gasteiger partial charge in [0.1, 0.15) is 0 Å². The van der Waals surface area contributed by atoms with Crippen LogP contribution in [0.4, 0.5) is 4.79 Å². The second-order valence-corrected chi connectivity index (χ2v) is 9.45. The number of nitrogens with one attached hydrogen (secondary N) is 2. The number of benzene rings is 2. The molecule has 2 N–H and O–H groups in total. The predicted molar refractivity (Wildman–Crippen MR) is 123 cm³/mol. The minimum absolute atomic E-state index is 0.194. The summed E-state index contributed by atoms with van der Waals surface area (Å²) in [5, 5.41) is 16.0. The molecule has 0 atom stereocenters. The number of amides is 2. The summed E-state index contributed by atoms with van der Waals surface area (Å²) in [7, 11) is 0. The minimum Gasteiger partial charge on any atom is -0.334 e. The van der Waals surface area contributed by atoms with Crippen LogP contribution in [0.5, 0.6) is 0 Å². The average Bonchev–Trinajstić information content (AvgIpc) is 3.07. The number of urea groups is 1. The Morgan fingerprint density at radius 2 is 1.83 bits per heavy atom. The maximum Gasteiger partial charge on any atom is 0.315 e. The molecule has 158 valence electrons. The largest absolute Gasteiger partial charge is 0.334 e. The Morgan fingerprint density at radius 3 is 2.50 bits per heavy atom. The zero-order valence-electron chi connectivity index (χ0n) is 16.9. The van der Waals surface area contributed by atoms with Crippen molar-refractivity contribution in [1.29, 1.82) is 0 Å². The van der Waals surface area contributed by atoms with Gasteiger partial charge in [-0.3, -0.25) is 4.57 Å². The summed E-state index contributed by atoms with van der Waals surface area (Å²) in [5.41, 5.74) is 1.53. The molecule has 0 aliphatic carbocycles. The molecule has 1 heterocycles. The standard InChI is InChI=1S/C21H23Cl2N5OS/c1-21(2,3)25-19(29)24-12-18-26-27-20(30-13-14-7-5-4-6-8-14)28(18)17-10-9-15(22)11-16(17)23/h4-11H,12-13H2,1-3H3,(H2,24,25,29). The van der Waals surface area contributed by atoms with Gasteiger partial charge in [0.2, 0.25) is 0 Å². The molecule has 0 radical (unpaired) electrons. The molecular weight excluding hydrogens is 441 g/mol. The van der Waals surface area contributed by atoms with Gasteiger partial charge in [-0.1, -0.05) is 65.3 Å². The van der Waals surface area contributed by atoms with Crippen molar-refractivity contribution < 1.29 is 4.79 Å². The number of hydrogen-bond acceptors (Lipinski definition) is 4. The highest BCUT2D eigenvalue weighted by Crippen LogP contribution is 2.30. The number of aromatic nitrogens is 3. The number of thioether (sulfide) groups is 1. The maximum atomic E-state index is 12.2. The number of nitrogens with zero attached hydrogens (tertiary/aromatic N) is 3. The van der Waals surface area contributed by atoms with E-state index in [1.165, 1.54) is 5.56 Å². The van der Waals surface area contributed by atoms with E-state index in [-0.39, 0.29) is 18.1 Å². The van der Waals surface area contributed by atoms with E-state index in [4.69, 9.17) is 23.2 Å². The molecule has 0 saturated heterocycles. The Hall–Kier alpha value is -2.22. The molecule has 0 saturated carbocycles. The molecule has 2 amide bonds. The van der Waals surface area contributed by atoms with Gasteiger partial charge in [0.25, 0.3) is 0 Å². The van der Waals surface area contributed by atoms with Crippen molar-refractivity contribution in [2.45, 2.75) is 43.8 Å². The maximum absolute atomic E-state index is 12.2. The van der Waals surface area contributed by atoms with Gasteiger partial charge in [0, 0.05) is 16.3 Å². The SMILES string of the molecule is CC(C)(C)NC(=O)NCc1nnc(SCc2ccccc2)n1-c1ccc(Cl)cc1Cl. The lowest BCUT2D eigenvalue weighted by Crippen LogP contribution is -2.46. The molecule has 3 rings (SSSR count). The van der Waals surface area contributed by atoms with Crippen LogP contribution in [0.3, 0.4) is 0 Å². The molecule has 2 aromatic carbocycles. The quantitative estimate of drug-likeness (QED) is 0.475. The Morgan fingerprint density at radius 1 is 1.10 bits per heavy atom. The molecule has 30 heavy (non-hydrogen) atoms. The molecule has 0 aliphatic heterocycles. The number of carbonyl (C=O) groups excluding carboxylic acids is 1. The fourth-order valence-corrected chi connectivity index (χ4v) is 4.09. The topological polar surface area (TPSA) is 71.8 Å². The third kappa shape index (κ3) is 6.14. The first-order valence-corrected chi connectivity index (χ1v) is 11.1. The van der Waals surface area contributed by atoms with Gasteiger partial charge in [0.15, 0.2) is 11.0 Å². The van der Waals surface area contributed by atoms with E-state index in [0.29, 0.717) is 26.7 Å². The number of halogens is 2. The van der Waals surface area contributed by atoms with Crippen LogP contribution in [0.1, 0.15) is 32.2 Å². The Bertz CT molecular complexity index is 1020. The number of hydrogen-bond donors (Lipinski definition) is 2. The molecule has 1 aromatic heterocycles. The van der Waals surface area contributed by atoms with E-state index in [0.717, 1.165) is 5.75 Å². The van der Waals surface area contributed by atoms with Gasteiger partial charge in [0.05, 0.1) is 17.3 Å². The first-order valence-electron chi connectivity index (χ1n) is 9.35. The van der Waals surface area contributed by atoms with Crippen molar-refractivity contribution >= 4 is 41.0 Å². The monoisotopic (exact) mass is 463 g/mol. The third-order valence-electron chi connectivity index (χ3n) is 3.96. The fourth-order valence-electron chi connectivity index (χ4n) is 2.68. The van der Waals surface area contributed by atoms with E-state index in [2.05, 4.69) is 33.0 Å². The van der Waals surface area contributed by atoms with Crippen molar-refractivity contribution in [3.63, 3.8) is 0 Å². The van der Waals surface area contributed by atoms with Gasteiger partial charge < -0.3 is 10.6 Å². The van der Waals surface area contributed by atoms with E-state index in [9.17, 15) is 4.79 Å². The fraction of sp³-hybridized carbons (Fsp3) is 0.286. The normalized spacial score (nSPS) is 11.4. The molecule has 3 aromatic rings. The molecule has 0 aliphatic rings. The Balaban J connectivity index is 1.86. The van der Waals surface area contributed by atoms with Crippen LogP contribution in [0, 0.1) is 0 Å². The van der Waals surface area contributed by atoms with Crippen molar-refractivity contribution in [3.05, 3.63) is 70.0 Å². The smallest absolute Gasteiger partial charge is 0.315 e. The number of rotatable bonds is 6. The molecule has 0 bridgehead atoms.